The van der Waals surface area contributed by atoms with Gasteiger partial charge in [0.15, 0.2) is 0 Å². The Morgan fingerprint density at radius 1 is 1.04 bits per heavy atom. The quantitative estimate of drug-likeness (QED) is 0.662. The van der Waals surface area contributed by atoms with Crippen molar-refractivity contribution >= 4 is 39.3 Å². The number of hydrogen-bond acceptors (Lipinski definition) is 5. The number of halogens is 1. The first-order valence-corrected chi connectivity index (χ1v) is 9.75. The van der Waals surface area contributed by atoms with Crippen molar-refractivity contribution in [3.8, 4) is 0 Å². The Balaban J connectivity index is 1.54. The molecule has 2 amide bonds. The highest BCUT2D eigenvalue weighted by molar-refractivity contribution is 7.90. The lowest BCUT2D eigenvalue weighted by Gasteiger charge is -2.07. The van der Waals surface area contributed by atoms with E-state index in [0.717, 1.165) is 0 Å². The minimum atomic E-state index is -3.61. The molecule has 27 heavy (non-hydrogen) atoms. The molecule has 3 N–H and O–H groups in total. The van der Waals surface area contributed by atoms with Crippen LogP contribution in [0.3, 0.4) is 0 Å². The van der Waals surface area contributed by atoms with Gasteiger partial charge >= 0.3 is 0 Å². The van der Waals surface area contributed by atoms with Gasteiger partial charge in [-0.25, -0.2) is 8.42 Å². The van der Waals surface area contributed by atoms with Gasteiger partial charge in [-0.1, -0.05) is 35.9 Å². The molecule has 3 rings (SSSR count). The van der Waals surface area contributed by atoms with E-state index in [4.69, 9.17) is 11.6 Å². The Hall–Kier alpha value is -2.91. The van der Waals surface area contributed by atoms with E-state index in [2.05, 4.69) is 20.6 Å². The maximum absolute atomic E-state index is 12.0. The number of amidine groups is 1. The molecule has 140 valence electrons. The van der Waals surface area contributed by atoms with Gasteiger partial charge in [-0.2, -0.15) is 0 Å². The van der Waals surface area contributed by atoms with Gasteiger partial charge in [-0.05, 0) is 24.3 Å². The zero-order valence-electron chi connectivity index (χ0n) is 13.9. The van der Waals surface area contributed by atoms with Crippen LogP contribution < -0.4 is 15.6 Å². The number of hydrazine groups is 1. The number of benzene rings is 2. The molecule has 10 heteroatoms. The van der Waals surface area contributed by atoms with E-state index in [1.54, 1.807) is 36.4 Å². The van der Waals surface area contributed by atoms with Gasteiger partial charge in [0.25, 0.3) is 15.9 Å². The Morgan fingerprint density at radius 3 is 2.52 bits per heavy atom. The maximum atomic E-state index is 12.0. The molecule has 0 saturated carbocycles. The highest BCUT2D eigenvalue weighted by Gasteiger charge is 2.29. The first kappa shape index (κ1) is 18.9. The lowest BCUT2D eigenvalue weighted by molar-refractivity contribution is -0.121. The molecule has 1 aliphatic rings. The zero-order valence-corrected chi connectivity index (χ0v) is 15.5. The summed E-state index contributed by atoms with van der Waals surface area (Å²) in [4.78, 5) is 28.1. The molecule has 0 aromatic heterocycles. The molecule has 2 aromatic rings. The molecular formula is C17H15ClN4O4S. The van der Waals surface area contributed by atoms with E-state index in [1.807, 2.05) is 0 Å². The van der Waals surface area contributed by atoms with Crippen LogP contribution in [-0.4, -0.2) is 32.6 Å². The molecule has 1 heterocycles. The first-order valence-electron chi connectivity index (χ1n) is 7.89. The summed E-state index contributed by atoms with van der Waals surface area (Å²) in [5, 5.41) is 0.267. The van der Waals surface area contributed by atoms with Crippen LogP contribution in [0.2, 0.25) is 5.02 Å². The van der Waals surface area contributed by atoms with E-state index in [-0.39, 0.29) is 34.3 Å². The molecule has 8 nitrogen and oxygen atoms in total. The predicted molar refractivity (Wildman–Crippen MR) is 99.8 cm³/mol. The van der Waals surface area contributed by atoms with Crippen LogP contribution in [0.5, 0.6) is 0 Å². The van der Waals surface area contributed by atoms with Gasteiger partial charge in [-0.15, -0.1) is 0 Å². The van der Waals surface area contributed by atoms with Crippen molar-refractivity contribution in [2.24, 2.45) is 4.99 Å². The highest BCUT2D eigenvalue weighted by Crippen LogP contribution is 2.22. The smallest absolute Gasteiger partial charge is 0.271 e. The summed E-state index contributed by atoms with van der Waals surface area (Å²) in [6, 6.07) is 12.9. The monoisotopic (exact) mass is 406 g/mol. The molecule has 0 unspecified atom stereocenters. The third-order valence-electron chi connectivity index (χ3n) is 3.71. The van der Waals surface area contributed by atoms with Gasteiger partial charge in [0.2, 0.25) is 5.91 Å². The van der Waals surface area contributed by atoms with Gasteiger partial charge < -0.3 is 0 Å². The number of nitrogens with zero attached hydrogens (tertiary/aromatic N) is 1. The molecule has 2 aromatic carbocycles. The number of hydrogen-bond donors (Lipinski definition) is 3. The molecule has 0 aliphatic carbocycles. The number of carbonyl (C=O) groups is 2. The topological polar surface area (TPSA) is 117 Å². The maximum Gasteiger partial charge on any atom is 0.271 e. The van der Waals surface area contributed by atoms with Gasteiger partial charge in [0.05, 0.1) is 22.0 Å². The van der Waals surface area contributed by atoms with Crippen LogP contribution in [0.1, 0.15) is 22.3 Å². The molecule has 0 spiro atoms. The number of rotatable bonds is 4. The second-order valence-corrected chi connectivity index (χ2v) is 7.62. The van der Waals surface area contributed by atoms with Crippen molar-refractivity contribution in [2.75, 3.05) is 6.54 Å². The Morgan fingerprint density at radius 2 is 1.74 bits per heavy atom. The lowest BCUT2D eigenvalue weighted by Crippen LogP contribution is -2.41. The second kappa shape index (κ2) is 7.77. The van der Waals surface area contributed by atoms with Gasteiger partial charge in [-0.3, -0.25) is 30.2 Å². The van der Waals surface area contributed by atoms with E-state index in [9.17, 15) is 18.0 Å². The van der Waals surface area contributed by atoms with Gasteiger partial charge in [0.1, 0.15) is 5.84 Å². The van der Waals surface area contributed by atoms with Crippen LogP contribution in [0, 0.1) is 0 Å². The largest absolute Gasteiger partial charge is 0.273 e. The average Bonchev–Trinajstić information content (AvgIpc) is 2.91. The SMILES string of the molecule is O=C(CCN=C1NS(=O)(=O)c2ccccc21)NNC(=O)c1ccccc1Cl. The Bertz CT molecular complexity index is 1040. The zero-order chi connectivity index (χ0) is 19.4. The fourth-order valence-corrected chi connectivity index (χ4v) is 3.89. The molecule has 0 bridgehead atoms. The Kier molecular flexibility index (Phi) is 5.43. The molecule has 0 fully saturated rings. The summed E-state index contributed by atoms with van der Waals surface area (Å²) in [6.07, 6.45) is -0.0454. The van der Waals surface area contributed by atoms with Gasteiger partial charge in [0, 0.05) is 12.0 Å². The highest BCUT2D eigenvalue weighted by atomic mass is 35.5. The van der Waals surface area contributed by atoms with E-state index < -0.39 is 21.8 Å². The Labute approximate surface area is 160 Å². The number of carbonyl (C=O) groups excluding carboxylic acids is 2. The van der Waals surface area contributed by atoms with E-state index in [0.29, 0.717) is 5.56 Å². The molecule has 0 atom stereocenters. The van der Waals surface area contributed by atoms with E-state index >= 15 is 0 Å². The van der Waals surface area contributed by atoms with Crippen molar-refractivity contribution in [3.05, 3.63) is 64.7 Å². The summed E-state index contributed by atoms with van der Waals surface area (Å²) in [5.41, 5.74) is 5.22. The summed E-state index contributed by atoms with van der Waals surface area (Å²) in [6.45, 7) is 0.0417. The fraction of sp³-hybridized carbons (Fsp3) is 0.118. The third-order valence-corrected chi connectivity index (χ3v) is 5.43. The molecule has 0 radical (unpaired) electrons. The van der Waals surface area contributed by atoms with Crippen LogP contribution in [0.25, 0.3) is 0 Å². The average molecular weight is 407 g/mol. The fourth-order valence-electron chi connectivity index (χ4n) is 2.42. The standard InChI is InChI=1S/C17H15ClN4O4S/c18-13-7-3-1-5-11(13)17(24)21-20-15(23)9-10-19-16-12-6-2-4-8-14(12)27(25,26)22-16/h1-8H,9-10H2,(H,19,22)(H,20,23)(H,21,24). The van der Waals surface area contributed by atoms with Crippen molar-refractivity contribution in [1.82, 2.24) is 15.6 Å². The number of fused-ring (bicyclic) bond motifs is 1. The van der Waals surface area contributed by atoms with E-state index in [1.165, 1.54) is 12.1 Å². The molecule has 0 saturated heterocycles. The third kappa shape index (κ3) is 4.26. The summed E-state index contributed by atoms with van der Waals surface area (Å²) in [7, 11) is -3.61. The minimum absolute atomic E-state index is 0.0417. The minimum Gasteiger partial charge on any atom is -0.273 e. The first-order chi connectivity index (χ1) is 12.9. The molecular weight excluding hydrogens is 392 g/mol. The van der Waals surface area contributed by atoms with Crippen molar-refractivity contribution in [2.45, 2.75) is 11.3 Å². The predicted octanol–water partition coefficient (Wildman–Crippen LogP) is 1.23. The summed E-state index contributed by atoms with van der Waals surface area (Å²) >= 11 is 5.91. The number of sulfonamides is 1. The number of amides is 2. The van der Waals surface area contributed by atoms with Crippen molar-refractivity contribution in [1.29, 1.82) is 0 Å². The van der Waals surface area contributed by atoms with Crippen LogP contribution in [0.4, 0.5) is 0 Å². The van der Waals surface area contributed by atoms with Crippen LogP contribution in [0.15, 0.2) is 58.4 Å². The number of aliphatic imine (C=N–C) groups is 1. The van der Waals surface area contributed by atoms with Crippen LogP contribution >= 0.6 is 11.6 Å². The molecule has 1 aliphatic heterocycles. The van der Waals surface area contributed by atoms with Crippen LogP contribution in [-0.2, 0) is 14.8 Å². The summed E-state index contributed by atoms with van der Waals surface area (Å²) in [5.74, 6) is -0.829. The second-order valence-electron chi connectivity index (χ2n) is 5.56. The number of nitrogens with one attached hydrogen (secondary N) is 3. The lowest BCUT2D eigenvalue weighted by atomic mass is 10.2. The summed E-state index contributed by atoms with van der Waals surface area (Å²) < 4.78 is 26.3. The van der Waals surface area contributed by atoms with Crippen molar-refractivity contribution < 1.29 is 18.0 Å². The van der Waals surface area contributed by atoms with Crippen molar-refractivity contribution in [3.63, 3.8) is 0 Å². The normalized spacial score (nSPS) is 15.7.